The lowest BCUT2D eigenvalue weighted by molar-refractivity contribution is -0.131. The normalized spacial score (nSPS) is 16.4. The van der Waals surface area contributed by atoms with Crippen molar-refractivity contribution in [1.29, 1.82) is 0 Å². The van der Waals surface area contributed by atoms with Crippen LogP contribution in [-0.4, -0.2) is 38.0 Å². The van der Waals surface area contributed by atoms with Gasteiger partial charge in [0, 0.05) is 24.5 Å². The first-order chi connectivity index (χ1) is 17.2. The molecule has 1 heterocycles. The fourth-order valence-corrected chi connectivity index (χ4v) is 3.63. The van der Waals surface area contributed by atoms with E-state index in [0.29, 0.717) is 48.8 Å². The maximum atomic E-state index is 14.8. The summed E-state index contributed by atoms with van der Waals surface area (Å²) >= 11 is 0. The van der Waals surface area contributed by atoms with Crippen molar-refractivity contribution in [2.75, 3.05) is 30.9 Å². The van der Waals surface area contributed by atoms with Gasteiger partial charge in [-0.15, -0.1) is 0 Å². The van der Waals surface area contributed by atoms with E-state index in [4.69, 9.17) is 14.2 Å². The Labute approximate surface area is 206 Å². The molecule has 0 saturated heterocycles. The fourth-order valence-electron chi connectivity index (χ4n) is 3.63. The summed E-state index contributed by atoms with van der Waals surface area (Å²) in [5, 5.41) is 5.21. The Morgan fingerprint density at radius 3 is 2.19 bits per heavy atom. The molecule has 188 valence electrons. The Morgan fingerprint density at radius 1 is 1.00 bits per heavy atom. The van der Waals surface area contributed by atoms with Gasteiger partial charge in [-0.3, -0.25) is 14.6 Å². The van der Waals surface area contributed by atoms with Crippen LogP contribution < -0.4 is 15.4 Å². The Balaban J connectivity index is 1.41. The summed E-state index contributed by atoms with van der Waals surface area (Å²) in [7, 11) is 1.47. The predicted molar refractivity (Wildman–Crippen MR) is 129 cm³/mol. The van der Waals surface area contributed by atoms with Crippen LogP contribution in [0.4, 0.5) is 20.2 Å². The number of nitrogens with one attached hydrogen (secondary N) is 2. The Kier molecular flexibility index (Phi) is 7.05. The maximum absolute atomic E-state index is 14.8. The van der Waals surface area contributed by atoms with E-state index in [-0.39, 0.29) is 17.3 Å². The van der Waals surface area contributed by atoms with Gasteiger partial charge in [0.1, 0.15) is 30.2 Å². The zero-order chi connectivity index (χ0) is 25.9. The molecule has 0 unspecified atom stereocenters. The number of hydrogen-bond donors (Lipinski definition) is 2. The monoisotopic (exact) mass is 497 g/mol. The third kappa shape index (κ3) is 5.22. The van der Waals surface area contributed by atoms with E-state index in [0.717, 1.165) is 6.07 Å². The molecule has 1 fully saturated rings. The summed E-state index contributed by atoms with van der Waals surface area (Å²) in [6.07, 6.45) is 0.685. The number of carbonyl (C=O) groups is 2. The van der Waals surface area contributed by atoms with Gasteiger partial charge in [0.15, 0.2) is 17.3 Å². The van der Waals surface area contributed by atoms with E-state index in [1.165, 1.54) is 43.4 Å². The Morgan fingerprint density at radius 2 is 1.61 bits per heavy atom. The standard InChI is InChI=1S/C26H25F2N3O5/c1-15(22-16(2)34-12-13-35-22)23(29-3)36-21-9-8-19(14-20(21)28)31-25(33)26(10-11-26)24(32)30-18-6-4-17(27)5-7-18/h4-9,14H,1,10-13H2,2-3H3,(H,30,32)(H,31,33). The number of carbonyl (C=O) groups excluding carboxylic acids is 2. The second-order valence-corrected chi connectivity index (χ2v) is 8.33. The van der Waals surface area contributed by atoms with Gasteiger partial charge in [-0.1, -0.05) is 6.58 Å². The second kappa shape index (κ2) is 10.2. The summed E-state index contributed by atoms with van der Waals surface area (Å²) in [5.74, 6) is -1.46. The number of ether oxygens (including phenoxy) is 3. The van der Waals surface area contributed by atoms with Crippen molar-refractivity contribution in [3.63, 3.8) is 0 Å². The first-order valence-electron chi connectivity index (χ1n) is 11.2. The highest BCUT2D eigenvalue weighted by molar-refractivity contribution is 6.16. The van der Waals surface area contributed by atoms with Gasteiger partial charge in [-0.2, -0.15) is 0 Å². The smallest absolute Gasteiger partial charge is 0.240 e. The third-order valence-corrected chi connectivity index (χ3v) is 5.82. The van der Waals surface area contributed by atoms with Crippen LogP contribution in [0.2, 0.25) is 0 Å². The van der Waals surface area contributed by atoms with Gasteiger partial charge in [0.2, 0.25) is 17.7 Å². The zero-order valence-corrected chi connectivity index (χ0v) is 19.8. The van der Waals surface area contributed by atoms with E-state index in [1.54, 1.807) is 6.92 Å². The highest BCUT2D eigenvalue weighted by atomic mass is 19.1. The maximum Gasteiger partial charge on any atom is 0.240 e. The van der Waals surface area contributed by atoms with E-state index in [9.17, 15) is 18.4 Å². The molecule has 4 rings (SSSR count). The number of hydrogen-bond acceptors (Lipinski definition) is 6. The van der Waals surface area contributed by atoms with Crippen LogP contribution in [0, 0.1) is 17.0 Å². The minimum atomic E-state index is -1.27. The molecule has 0 spiro atoms. The summed E-state index contributed by atoms with van der Waals surface area (Å²) in [5.41, 5.74) is -0.441. The molecular formula is C26H25F2N3O5. The lowest BCUT2D eigenvalue weighted by Gasteiger charge is -2.22. The van der Waals surface area contributed by atoms with Crippen molar-refractivity contribution < 1.29 is 32.6 Å². The minimum Gasteiger partial charge on any atom is -0.491 e. The van der Waals surface area contributed by atoms with Crippen molar-refractivity contribution in [1.82, 2.24) is 0 Å². The average molecular weight is 497 g/mol. The number of anilines is 2. The van der Waals surface area contributed by atoms with Crippen LogP contribution in [0.1, 0.15) is 19.8 Å². The van der Waals surface area contributed by atoms with Gasteiger partial charge in [0.05, 0.1) is 5.57 Å². The molecule has 1 saturated carbocycles. The SMILES string of the molecule is C=C(C(=NC)Oc1ccc(NC(=O)C2(C(=O)Nc3ccc(F)cc3)CC2)cc1F)C1=C(C)OCCO1. The molecule has 36 heavy (non-hydrogen) atoms. The number of amides is 2. The number of rotatable bonds is 7. The van der Waals surface area contributed by atoms with Gasteiger partial charge < -0.3 is 24.8 Å². The highest BCUT2D eigenvalue weighted by Crippen LogP contribution is 2.47. The summed E-state index contributed by atoms with van der Waals surface area (Å²) in [6.45, 7) is 6.39. The molecule has 0 bridgehead atoms. The van der Waals surface area contributed by atoms with Crippen molar-refractivity contribution >= 4 is 29.1 Å². The van der Waals surface area contributed by atoms with Gasteiger partial charge in [0.25, 0.3) is 0 Å². The molecule has 0 atom stereocenters. The van der Waals surface area contributed by atoms with Gasteiger partial charge in [-0.05, 0) is 56.2 Å². The Hall–Kier alpha value is -4.21. The number of halogens is 2. The van der Waals surface area contributed by atoms with Crippen LogP contribution in [0.15, 0.2) is 71.1 Å². The summed E-state index contributed by atoms with van der Waals surface area (Å²) in [6, 6.07) is 9.10. The number of nitrogens with zero attached hydrogens (tertiary/aromatic N) is 1. The number of benzene rings is 2. The van der Waals surface area contributed by atoms with Crippen LogP contribution in [0.5, 0.6) is 5.75 Å². The first-order valence-corrected chi connectivity index (χ1v) is 11.2. The molecular weight excluding hydrogens is 472 g/mol. The van der Waals surface area contributed by atoms with Gasteiger partial charge >= 0.3 is 0 Å². The molecule has 2 amide bonds. The third-order valence-electron chi connectivity index (χ3n) is 5.82. The van der Waals surface area contributed by atoms with E-state index < -0.39 is 28.9 Å². The molecule has 0 radical (unpaired) electrons. The van der Waals surface area contributed by atoms with Crippen molar-refractivity contribution in [2.24, 2.45) is 10.4 Å². The topological polar surface area (TPSA) is 98.2 Å². The minimum absolute atomic E-state index is 0.0416. The summed E-state index contributed by atoms with van der Waals surface area (Å²) in [4.78, 5) is 29.6. The second-order valence-electron chi connectivity index (χ2n) is 8.33. The van der Waals surface area contributed by atoms with Crippen molar-refractivity contribution in [2.45, 2.75) is 19.8 Å². The molecule has 8 nitrogen and oxygen atoms in total. The molecule has 2 aromatic rings. The quantitative estimate of drug-likeness (QED) is 0.332. The molecule has 0 aromatic heterocycles. The number of aliphatic imine (C=N–C) groups is 1. The average Bonchev–Trinajstić information content (AvgIpc) is 3.67. The molecule has 10 heteroatoms. The van der Waals surface area contributed by atoms with Crippen LogP contribution in [-0.2, 0) is 19.1 Å². The van der Waals surface area contributed by atoms with Crippen LogP contribution in [0.25, 0.3) is 0 Å². The van der Waals surface area contributed by atoms with E-state index in [1.807, 2.05) is 0 Å². The van der Waals surface area contributed by atoms with Crippen LogP contribution >= 0.6 is 0 Å². The lowest BCUT2D eigenvalue weighted by Crippen LogP contribution is -2.35. The van der Waals surface area contributed by atoms with E-state index >= 15 is 0 Å². The number of allylic oxidation sites excluding steroid dienone is 1. The predicted octanol–water partition coefficient (Wildman–Crippen LogP) is 4.56. The largest absolute Gasteiger partial charge is 0.491 e. The van der Waals surface area contributed by atoms with Crippen LogP contribution in [0.3, 0.4) is 0 Å². The molecule has 1 aliphatic heterocycles. The van der Waals surface area contributed by atoms with E-state index in [2.05, 4.69) is 22.2 Å². The molecule has 2 aromatic carbocycles. The summed E-state index contributed by atoms with van der Waals surface area (Å²) < 4.78 is 44.6. The molecule has 2 N–H and O–H groups in total. The molecule has 1 aliphatic carbocycles. The van der Waals surface area contributed by atoms with Gasteiger partial charge in [-0.25, -0.2) is 8.78 Å². The highest BCUT2D eigenvalue weighted by Gasteiger charge is 2.56. The van der Waals surface area contributed by atoms with Crippen molar-refractivity contribution in [3.8, 4) is 5.75 Å². The Bertz CT molecular complexity index is 1270. The first kappa shape index (κ1) is 24.9. The lowest BCUT2D eigenvalue weighted by atomic mass is 10.0. The fraction of sp³-hybridized carbons (Fsp3) is 0.269. The molecule has 2 aliphatic rings. The zero-order valence-electron chi connectivity index (χ0n) is 19.8. The van der Waals surface area contributed by atoms with Crippen molar-refractivity contribution in [3.05, 3.63) is 77.8 Å².